The van der Waals surface area contributed by atoms with Gasteiger partial charge in [-0.25, -0.2) is 0 Å². The molecule has 0 aromatic heterocycles. The summed E-state index contributed by atoms with van der Waals surface area (Å²) in [6, 6.07) is 3.26. The van der Waals surface area contributed by atoms with E-state index in [1.54, 1.807) is 6.07 Å². The van der Waals surface area contributed by atoms with Gasteiger partial charge in [0, 0.05) is 15.7 Å². The van der Waals surface area contributed by atoms with Crippen LogP contribution in [0.4, 0.5) is 0 Å². The molecule has 1 aromatic rings. The lowest BCUT2D eigenvalue weighted by Crippen LogP contribution is -2.23. The summed E-state index contributed by atoms with van der Waals surface area (Å²) < 4.78 is 0.850. The van der Waals surface area contributed by atoms with Crippen LogP contribution >= 0.6 is 22.6 Å². The molecule has 15 heavy (non-hydrogen) atoms. The van der Waals surface area contributed by atoms with Gasteiger partial charge < -0.3 is 21.7 Å². The number of halogens is 1. The molecule has 0 aliphatic carbocycles. The Hall–Kier alpha value is -1.18. The predicted molar refractivity (Wildman–Crippen MR) is 66.9 cm³/mol. The molecule has 5 nitrogen and oxygen atoms in total. The average molecular weight is 321 g/mol. The number of aromatic hydroxyl groups is 2. The monoisotopic (exact) mass is 321 g/mol. The van der Waals surface area contributed by atoms with Crippen molar-refractivity contribution in [3.05, 3.63) is 21.3 Å². The fraction of sp³-hybridized carbons (Fsp3) is 0.222. The van der Waals surface area contributed by atoms with E-state index < -0.39 is 0 Å². The highest BCUT2D eigenvalue weighted by Crippen LogP contribution is 2.31. The summed E-state index contributed by atoms with van der Waals surface area (Å²) >= 11 is 2.06. The van der Waals surface area contributed by atoms with Gasteiger partial charge in [-0.2, -0.15) is 0 Å². The Kier molecular flexibility index (Phi) is 4.01. The smallest absolute Gasteiger partial charge is 0.185 e. The topological polar surface area (TPSA) is 105 Å². The maximum Gasteiger partial charge on any atom is 0.185 e. The molecule has 0 fully saturated rings. The summed E-state index contributed by atoms with van der Waals surface area (Å²) in [4.78, 5) is 3.80. The molecule has 0 amide bonds. The lowest BCUT2D eigenvalue weighted by atomic mass is 10.1. The molecule has 0 bridgehead atoms. The standard InChI is InChI=1S/C9H12IN3O2/c10-6-3-5(1-2-13-9(11)12)8(15)7(14)4-6/h3-4,14-15H,1-2H2,(H4,11,12,13). The molecule has 0 aliphatic heterocycles. The van der Waals surface area contributed by atoms with E-state index in [-0.39, 0.29) is 17.5 Å². The highest BCUT2D eigenvalue weighted by molar-refractivity contribution is 14.1. The van der Waals surface area contributed by atoms with Crippen molar-refractivity contribution in [1.82, 2.24) is 0 Å². The van der Waals surface area contributed by atoms with Crippen molar-refractivity contribution in [2.75, 3.05) is 6.54 Å². The highest BCUT2D eigenvalue weighted by Gasteiger charge is 2.07. The van der Waals surface area contributed by atoms with E-state index in [2.05, 4.69) is 27.6 Å². The first-order chi connectivity index (χ1) is 7.00. The number of guanidine groups is 1. The normalized spacial score (nSPS) is 9.93. The maximum atomic E-state index is 9.52. The van der Waals surface area contributed by atoms with Crippen LogP contribution in [-0.2, 0) is 6.42 Å². The van der Waals surface area contributed by atoms with Gasteiger partial charge in [-0.15, -0.1) is 0 Å². The fourth-order valence-electron chi connectivity index (χ4n) is 1.14. The third-order valence-corrected chi connectivity index (χ3v) is 2.43. The van der Waals surface area contributed by atoms with Crippen LogP contribution in [0.3, 0.4) is 0 Å². The minimum Gasteiger partial charge on any atom is -0.504 e. The number of hydrogen-bond donors (Lipinski definition) is 4. The Morgan fingerprint density at radius 3 is 2.60 bits per heavy atom. The number of aliphatic imine (C=N–C) groups is 1. The van der Waals surface area contributed by atoms with Crippen molar-refractivity contribution in [2.24, 2.45) is 16.5 Å². The first kappa shape index (κ1) is 11.9. The van der Waals surface area contributed by atoms with Gasteiger partial charge in [0.25, 0.3) is 0 Å². The molecular weight excluding hydrogens is 309 g/mol. The number of benzene rings is 1. The molecule has 0 saturated carbocycles. The number of nitrogens with two attached hydrogens (primary N) is 2. The quantitative estimate of drug-likeness (QED) is 0.282. The molecule has 82 valence electrons. The van der Waals surface area contributed by atoms with Crippen LogP contribution in [0.25, 0.3) is 0 Å². The van der Waals surface area contributed by atoms with Gasteiger partial charge in [0.2, 0.25) is 0 Å². The van der Waals surface area contributed by atoms with Crippen molar-refractivity contribution in [2.45, 2.75) is 6.42 Å². The number of hydrogen-bond acceptors (Lipinski definition) is 3. The minimum atomic E-state index is -0.124. The minimum absolute atomic E-state index is 0.0179. The summed E-state index contributed by atoms with van der Waals surface area (Å²) in [5.41, 5.74) is 11.0. The van der Waals surface area contributed by atoms with Gasteiger partial charge in [0.1, 0.15) is 0 Å². The molecule has 0 aliphatic rings. The second-order valence-electron chi connectivity index (χ2n) is 2.99. The Balaban J connectivity index is 2.81. The molecule has 0 radical (unpaired) electrons. The summed E-state index contributed by atoms with van der Waals surface area (Å²) in [6.07, 6.45) is 0.480. The molecule has 0 spiro atoms. The summed E-state index contributed by atoms with van der Waals surface area (Å²) in [5.74, 6) is -0.216. The molecule has 0 unspecified atom stereocenters. The molecular formula is C9H12IN3O2. The number of rotatable bonds is 3. The van der Waals surface area contributed by atoms with E-state index >= 15 is 0 Å². The molecule has 0 saturated heterocycles. The van der Waals surface area contributed by atoms with E-state index in [4.69, 9.17) is 11.5 Å². The Labute approximate surface area is 101 Å². The lowest BCUT2D eigenvalue weighted by Gasteiger charge is -2.05. The molecule has 6 heteroatoms. The zero-order chi connectivity index (χ0) is 11.4. The zero-order valence-electron chi connectivity index (χ0n) is 7.94. The zero-order valence-corrected chi connectivity index (χ0v) is 10.1. The van der Waals surface area contributed by atoms with E-state index in [1.165, 1.54) is 6.07 Å². The van der Waals surface area contributed by atoms with Crippen LogP contribution < -0.4 is 11.5 Å². The molecule has 0 atom stereocenters. The number of nitrogens with zero attached hydrogens (tertiary/aromatic N) is 1. The van der Waals surface area contributed by atoms with Gasteiger partial charge in [-0.3, -0.25) is 4.99 Å². The van der Waals surface area contributed by atoms with Gasteiger partial charge in [-0.05, 0) is 41.1 Å². The fourth-order valence-corrected chi connectivity index (χ4v) is 1.81. The Bertz CT molecular complexity index is 389. The van der Waals surface area contributed by atoms with Crippen LogP contribution in [-0.4, -0.2) is 22.7 Å². The van der Waals surface area contributed by atoms with Crippen LogP contribution in [0.5, 0.6) is 11.5 Å². The molecule has 0 heterocycles. The van der Waals surface area contributed by atoms with Crippen molar-refractivity contribution in [3.63, 3.8) is 0 Å². The summed E-state index contributed by atoms with van der Waals surface area (Å²) in [7, 11) is 0. The SMILES string of the molecule is NC(N)=NCCc1cc(I)cc(O)c1O. The van der Waals surface area contributed by atoms with E-state index in [9.17, 15) is 10.2 Å². The lowest BCUT2D eigenvalue weighted by molar-refractivity contribution is 0.399. The third kappa shape index (κ3) is 3.46. The molecule has 1 rings (SSSR count). The Morgan fingerprint density at radius 2 is 2.00 bits per heavy atom. The van der Waals surface area contributed by atoms with Gasteiger partial charge in [-0.1, -0.05) is 0 Å². The number of phenols is 2. The van der Waals surface area contributed by atoms with E-state index in [0.29, 0.717) is 18.5 Å². The van der Waals surface area contributed by atoms with Crippen molar-refractivity contribution < 1.29 is 10.2 Å². The summed E-state index contributed by atoms with van der Waals surface area (Å²) in [5, 5.41) is 18.9. The van der Waals surface area contributed by atoms with E-state index in [0.717, 1.165) is 3.57 Å². The van der Waals surface area contributed by atoms with Crippen LogP contribution in [0, 0.1) is 3.57 Å². The maximum absolute atomic E-state index is 9.52. The van der Waals surface area contributed by atoms with Crippen molar-refractivity contribution >= 4 is 28.6 Å². The van der Waals surface area contributed by atoms with Gasteiger partial charge >= 0.3 is 0 Å². The average Bonchev–Trinajstić information content (AvgIpc) is 2.12. The van der Waals surface area contributed by atoms with Gasteiger partial charge in [0.15, 0.2) is 17.5 Å². The summed E-state index contributed by atoms with van der Waals surface area (Å²) in [6.45, 7) is 0.384. The molecule has 1 aromatic carbocycles. The Morgan fingerprint density at radius 1 is 1.33 bits per heavy atom. The van der Waals surface area contributed by atoms with E-state index in [1.807, 2.05) is 0 Å². The second kappa shape index (κ2) is 5.06. The molecule has 6 N–H and O–H groups in total. The van der Waals surface area contributed by atoms with Crippen LogP contribution in [0.1, 0.15) is 5.56 Å². The van der Waals surface area contributed by atoms with Crippen LogP contribution in [0.2, 0.25) is 0 Å². The van der Waals surface area contributed by atoms with Crippen molar-refractivity contribution in [3.8, 4) is 11.5 Å². The second-order valence-corrected chi connectivity index (χ2v) is 4.23. The highest BCUT2D eigenvalue weighted by atomic mass is 127. The predicted octanol–water partition coefficient (Wildman–Crippen LogP) is 0.518. The van der Waals surface area contributed by atoms with Crippen LogP contribution in [0.15, 0.2) is 17.1 Å². The number of phenolic OH excluding ortho intramolecular Hbond substituents is 2. The third-order valence-electron chi connectivity index (χ3n) is 1.81. The van der Waals surface area contributed by atoms with Gasteiger partial charge in [0.05, 0.1) is 0 Å². The first-order valence-electron chi connectivity index (χ1n) is 4.26. The largest absolute Gasteiger partial charge is 0.504 e. The first-order valence-corrected chi connectivity index (χ1v) is 5.34. The van der Waals surface area contributed by atoms with Crippen molar-refractivity contribution in [1.29, 1.82) is 0 Å².